The summed E-state index contributed by atoms with van der Waals surface area (Å²) in [6.45, 7) is 3.57. The average molecular weight is 860 g/mol. The molecule has 2 atom stereocenters. The van der Waals surface area contributed by atoms with Crippen LogP contribution in [0.5, 0.6) is 0 Å². The number of aldehydes is 1. The van der Waals surface area contributed by atoms with Gasteiger partial charge in [-0.05, 0) is 87.2 Å². The van der Waals surface area contributed by atoms with Crippen molar-refractivity contribution in [3.05, 3.63) is 188 Å². The first kappa shape index (κ1) is 47.5. The highest BCUT2D eigenvalue weighted by Crippen LogP contribution is 2.29. The smallest absolute Gasteiger partial charge is 0.323 e. The molecular weight excluding hydrogens is 811 g/mol. The van der Waals surface area contributed by atoms with E-state index in [1.54, 1.807) is 18.2 Å². The molecule has 0 amide bonds. The Morgan fingerprint density at radius 2 is 1.08 bits per heavy atom. The fourth-order valence-corrected chi connectivity index (χ4v) is 6.52. The van der Waals surface area contributed by atoms with Crippen molar-refractivity contribution in [2.75, 3.05) is 13.2 Å². The third-order valence-electron chi connectivity index (χ3n) is 9.58. The van der Waals surface area contributed by atoms with Gasteiger partial charge in [0.15, 0.2) is 0 Å². The van der Waals surface area contributed by atoms with E-state index in [4.69, 9.17) is 49.4 Å². The van der Waals surface area contributed by atoms with Crippen LogP contribution in [0, 0.1) is 13.8 Å². The van der Waals surface area contributed by atoms with Gasteiger partial charge in [-0.2, -0.15) is 0 Å². The van der Waals surface area contributed by atoms with Crippen LogP contribution in [0.15, 0.2) is 133 Å². The largest absolute Gasteiger partial charge is 0.480 e. The van der Waals surface area contributed by atoms with Gasteiger partial charge in [-0.25, -0.2) is 0 Å². The second-order valence-corrected chi connectivity index (χ2v) is 14.6. The molecule has 0 unspecified atom stereocenters. The van der Waals surface area contributed by atoms with Crippen molar-refractivity contribution in [3.8, 4) is 22.3 Å². The van der Waals surface area contributed by atoms with Gasteiger partial charge in [-0.1, -0.05) is 169 Å². The number of aliphatic hydroxyl groups is 2. The quantitative estimate of drug-likeness (QED) is 0.0461. The first-order chi connectivity index (χ1) is 29.4. The van der Waals surface area contributed by atoms with Crippen molar-refractivity contribution in [3.63, 3.8) is 0 Å². The molecule has 0 aliphatic rings. The molecule has 9 nitrogen and oxygen atoms in total. The van der Waals surface area contributed by atoms with Gasteiger partial charge in [-0.3, -0.25) is 19.7 Å². The van der Waals surface area contributed by atoms with E-state index in [0.29, 0.717) is 22.2 Å². The molecular formula is C50H48Cl2N2O7. The molecule has 0 radical (unpaired) electrons. The fraction of sp³-hybridized carbons (Fsp3) is 0.140. The zero-order chi connectivity index (χ0) is 44.3. The molecule has 61 heavy (non-hydrogen) atoms. The van der Waals surface area contributed by atoms with Crippen LogP contribution in [0.2, 0.25) is 10.0 Å². The Morgan fingerprint density at radius 3 is 1.48 bits per heavy atom. The highest BCUT2D eigenvalue weighted by molar-refractivity contribution is 6.32. The summed E-state index contributed by atoms with van der Waals surface area (Å²) >= 11 is 12.7. The molecule has 0 saturated carbocycles. The summed E-state index contributed by atoms with van der Waals surface area (Å²) in [6.07, 6.45) is 8.86. The molecule has 6 aromatic rings. The number of carbonyl (C=O) groups is 3. The van der Waals surface area contributed by atoms with Crippen molar-refractivity contribution in [2.45, 2.75) is 32.5 Å². The van der Waals surface area contributed by atoms with Crippen molar-refractivity contribution in [1.29, 1.82) is 0 Å². The van der Waals surface area contributed by atoms with Crippen molar-refractivity contribution < 1.29 is 34.8 Å². The summed E-state index contributed by atoms with van der Waals surface area (Å²) in [5.41, 5.74) is 17.5. The summed E-state index contributed by atoms with van der Waals surface area (Å²) in [7, 11) is 0. The molecule has 6 aromatic carbocycles. The lowest BCUT2D eigenvalue weighted by Gasteiger charge is -2.12. The van der Waals surface area contributed by atoms with Crippen LogP contribution < -0.4 is 11.1 Å². The maximum Gasteiger partial charge on any atom is 0.323 e. The second-order valence-electron chi connectivity index (χ2n) is 13.8. The molecule has 0 aliphatic carbocycles. The molecule has 6 rings (SSSR count). The predicted molar refractivity (Wildman–Crippen MR) is 247 cm³/mol. The number of rotatable bonds is 14. The van der Waals surface area contributed by atoms with E-state index >= 15 is 0 Å². The SMILES string of the molecule is Cc1c(/C=C/c2ccc(C=O)cc2Cl)cccc1-c1ccccc1.Cc1c(/C=C/c2ccc(CN[C@@H](CO)C(=O)O)cc2Cl)cccc1-c1ccccc1.N[C@@H](CO)C(=O)O. The van der Waals surface area contributed by atoms with E-state index in [9.17, 15) is 14.4 Å². The van der Waals surface area contributed by atoms with Crippen LogP contribution in [0.3, 0.4) is 0 Å². The van der Waals surface area contributed by atoms with E-state index in [0.717, 1.165) is 34.1 Å². The average Bonchev–Trinajstić information content (AvgIpc) is 3.27. The van der Waals surface area contributed by atoms with Crippen LogP contribution in [0.1, 0.15) is 49.3 Å². The van der Waals surface area contributed by atoms with Crippen molar-refractivity contribution >= 4 is 65.7 Å². The van der Waals surface area contributed by atoms with E-state index in [-0.39, 0.29) is 0 Å². The summed E-state index contributed by atoms with van der Waals surface area (Å²) in [5, 5.41) is 37.9. The summed E-state index contributed by atoms with van der Waals surface area (Å²) in [6, 6.07) is 41.9. The molecule has 0 bridgehead atoms. The topological polar surface area (TPSA) is 170 Å². The lowest BCUT2D eigenvalue weighted by molar-refractivity contribution is -0.141. The van der Waals surface area contributed by atoms with E-state index in [1.807, 2.05) is 78.9 Å². The second kappa shape index (κ2) is 24.2. The lowest BCUT2D eigenvalue weighted by atomic mass is 9.96. The minimum absolute atomic E-state index is 0.305. The number of aliphatic hydroxyl groups excluding tert-OH is 2. The maximum absolute atomic E-state index is 11.0. The predicted octanol–water partition coefficient (Wildman–Crippen LogP) is 9.71. The first-order valence-corrected chi connectivity index (χ1v) is 20.0. The van der Waals surface area contributed by atoms with E-state index < -0.39 is 37.2 Å². The normalized spacial score (nSPS) is 11.9. The molecule has 0 fully saturated rings. The highest BCUT2D eigenvalue weighted by Gasteiger charge is 2.15. The lowest BCUT2D eigenvalue weighted by Crippen LogP contribution is -2.39. The van der Waals surface area contributed by atoms with Gasteiger partial charge < -0.3 is 26.2 Å². The number of hydrogen-bond donors (Lipinski definition) is 6. The molecule has 0 saturated heterocycles. The monoisotopic (exact) mass is 858 g/mol. The summed E-state index contributed by atoms with van der Waals surface area (Å²) < 4.78 is 0. The van der Waals surface area contributed by atoms with Gasteiger partial charge in [0.05, 0.1) is 13.2 Å². The molecule has 0 aromatic heterocycles. The van der Waals surface area contributed by atoms with Crippen molar-refractivity contribution in [1.82, 2.24) is 5.32 Å². The summed E-state index contributed by atoms with van der Waals surface area (Å²) in [5.74, 6) is -2.27. The van der Waals surface area contributed by atoms with Gasteiger partial charge in [0.1, 0.15) is 18.4 Å². The number of carboxylic acid groups (broad SMARTS) is 2. The van der Waals surface area contributed by atoms with Gasteiger partial charge in [0.2, 0.25) is 0 Å². The summed E-state index contributed by atoms with van der Waals surface area (Å²) in [4.78, 5) is 31.4. The highest BCUT2D eigenvalue weighted by atomic mass is 35.5. The molecule has 0 spiro atoms. The Hall–Kier alpha value is -6.17. The molecule has 11 heteroatoms. The number of aliphatic carboxylic acids is 2. The first-order valence-electron chi connectivity index (χ1n) is 19.2. The molecule has 314 valence electrons. The standard InChI is InChI=1S/C25H24ClNO3.C22H17ClO.C3H7NO3/c1-17-19(8-5-9-22(17)20-6-3-2-4-7-20)12-13-21-11-10-18(14-23(21)26)15-27-24(16-28)25(29)30;1-16-18(8-5-9-21(16)19-6-3-2-4-7-19)12-13-20-11-10-17(15-24)14-22(20)23;4-2(1-5)3(6)7/h2-14,24,27-28H,15-16H2,1H3,(H,29,30);2-15H,1H3;2,5H,1,4H2,(H,6,7)/b2*13-12+;/t24-;;2-/m0.0/s1. The number of hydrogen-bond acceptors (Lipinski definition) is 7. The zero-order valence-corrected chi connectivity index (χ0v) is 35.2. The minimum atomic E-state index is -1.18. The number of nitrogens with two attached hydrogens (primary N) is 1. The molecule has 0 aliphatic heterocycles. The number of nitrogens with one attached hydrogen (secondary N) is 1. The van der Waals surface area contributed by atoms with Crippen LogP contribution in [-0.4, -0.2) is 63.9 Å². The van der Waals surface area contributed by atoms with Gasteiger partial charge >= 0.3 is 11.9 Å². The van der Waals surface area contributed by atoms with Crippen molar-refractivity contribution in [2.24, 2.45) is 5.73 Å². The Balaban J connectivity index is 0.000000236. The van der Waals surface area contributed by atoms with Crippen LogP contribution in [-0.2, 0) is 16.1 Å². The Kier molecular flexibility index (Phi) is 18.8. The zero-order valence-electron chi connectivity index (χ0n) is 33.7. The minimum Gasteiger partial charge on any atom is -0.480 e. The molecule has 7 N–H and O–H groups in total. The van der Waals surface area contributed by atoms with E-state index in [2.05, 4.69) is 79.8 Å². The molecule has 0 heterocycles. The third kappa shape index (κ3) is 14.2. The Morgan fingerprint density at radius 1 is 0.607 bits per heavy atom. The fourth-order valence-electron chi connectivity index (χ4n) is 6.00. The van der Waals surface area contributed by atoms with Gasteiger partial charge in [-0.15, -0.1) is 0 Å². The van der Waals surface area contributed by atoms with Crippen LogP contribution >= 0.6 is 23.2 Å². The Labute approximate surface area is 366 Å². The Bertz CT molecular complexity index is 2450. The third-order valence-corrected chi connectivity index (χ3v) is 10.2. The number of halogens is 2. The van der Waals surface area contributed by atoms with Crippen LogP contribution in [0.25, 0.3) is 46.6 Å². The van der Waals surface area contributed by atoms with E-state index in [1.165, 1.54) is 33.4 Å². The number of carboxylic acids is 2. The van der Waals surface area contributed by atoms with Crippen LogP contribution in [0.4, 0.5) is 0 Å². The number of carbonyl (C=O) groups excluding carboxylic acids is 1. The number of benzene rings is 6. The maximum atomic E-state index is 11.0. The van der Waals surface area contributed by atoms with Gasteiger partial charge in [0, 0.05) is 22.2 Å². The van der Waals surface area contributed by atoms with Gasteiger partial charge in [0.25, 0.3) is 0 Å².